The number of aryl methyl sites for hydroxylation is 1. The molecule has 5 nitrogen and oxygen atoms in total. The van der Waals surface area contributed by atoms with Crippen LogP contribution in [0.4, 0.5) is 4.39 Å². The fraction of sp³-hybridized carbons (Fsp3) is 0.444. The molecule has 0 unspecified atom stereocenters. The van der Waals surface area contributed by atoms with E-state index in [1.54, 1.807) is 6.07 Å². The first-order valence-corrected chi connectivity index (χ1v) is 8.35. The Labute approximate surface area is 141 Å². The molecule has 0 saturated heterocycles. The summed E-state index contributed by atoms with van der Waals surface area (Å²) in [4.78, 5) is 13.6. The Kier molecular flexibility index (Phi) is 4.94. The van der Waals surface area contributed by atoms with Gasteiger partial charge < -0.3 is 5.32 Å². The highest BCUT2D eigenvalue weighted by atomic mass is 19.1. The van der Waals surface area contributed by atoms with Gasteiger partial charge in [0.25, 0.3) is 0 Å². The van der Waals surface area contributed by atoms with Crippen LogP contribution in [-0.4, -0.2) is 27.1 Å². The first kappa shape index (κ1) is 16.6. The second-order valence-corrected chi connectivity index (χ2v) is 6.29. The van der Waals surface area contributed by atoms with Gasteiger partial charge in [-0.25, -0.2) is 4.39 Å². The monoisotopic (exact) mass is 330 g/mol. The van der Waals surface area contributed by atoms with Gasteiger partial charge in [-0.3, -0.25) is 14.4 Å². The summed E-state index contributed by atoms with van der Waals surface area (Å²) in [5, 5.41) is 7.37. The van der Waals surface area contributed by atoms with Crippen LogP contribution in [0, 0.1) is 12.7 Å². The largest absolute Gasteiger partial charge is 0.350 e. The zero-order chi connectivity index (χ0) is 17.1. The number of nitrogens with zero attached hydrogens (tertiary/aromatic N) is 3. The zero-order valence-electron chi connectivity index (χ0n) is 14.2. The van der Waals surface area contributed by atoms with Crippen LogP contribution in [0.15, 0.2) is 24.3 Å². The Bertz CT molecular complexity index is 741. The van der Waals surface area contributed by atoms with E-state index in [4.69, 9.17) is 0 Å². The van der Waals surface area contributed by atoms with Crippen molar-refractivity contribution in [3.63, 3.8) is 0 Å². The SMILES string of the molecule is CCC(=O)NCc1cc2n(n1)CCN(Cc1ccc(C)cc1F)C2. The fourth-order valence-electron chi connectivity index (χ4n) is 2.94. The summed E-state index contributed by atoms with van der Waals surface area (Å²) in [6.45, 7) is 7.13. The molecule has 6 heteroatoms. The first-order valence-electron chi connectivity index (χ1n) is 8.35. The third kappa shape index (κ3) is 3.82. The molecule has 0 bridgehead atoms. The number of rotatable bonds is 5. The second kappa shape index (κ2) is 7.13. The van der Waals surface area contributed by atoms with E-state index in [9.17, 15) is 9.18 Å². The highest BCUT2D eigenvalue weighted by Gasteiger charge is 2.19. The van der Waals surface area contributed by atoms with E-state index < -0.39 is 0 Å². The Hall–Kier alpha value is -2.21. The van der Waals surface area contributed by atoms with Crippen LogP contribution >= 0.6 is 0 Å². The molecule has 1 aliphatic heterocycles. The van der Waals surface area contributed by atoms with Crippen LogP contribution in [0.1, 0.15) is 35.9 Å². The molecule has 1 amide bonds. The standard InChI is InChI=1S/C18H23FN4O/c1-3-18(24)20-10-15-9-16-12-22(6-7-23(16)21-15)11-14-5-4-13(2)8-17(14)19/h4-5,8-9H,3,6-7,10-12H2,1-2H3,(H,20,24). The van der Waals surface area contributed by atoms with Crippen molar-refractivity contribution in [1.82, 2.24) is 20.0 Å². The van der Waals surface area contributed by atoms with Gasteiger partial charge >= 0.3 is 0 Å². The molecule has 3 rings (SSSR count). The number of aromatic nitrogens is 2. The fourth-order valence-corrected chi connectivity index (χ4v) is 2.94. The maximum atomic E-state index is 14.0. The number of hydrogen-bond donors (Lipinski definition) is 1. The summed E-state index contributed by atoms with van der Waals surface area (Å²) in [7, 11) is 0. The first-order chi connectivity index (χ1) is 11.5. The van der Waals surface area contributed by atoms with Gasteiger partial charge in [-0.1, -0.05) is 19.1 Å². The number of benzene rings is 1. The molecular weight excluding hydrogens is 307 g/mol. The number of fused-ring (bicyclic) bond motifs is 1. The second-order valence-electron chi connectivity index (χ2n) is 6.29. The van der Waals surface area contributed by atoms with Crippen molar-refractivity contribution in [2.45, 2.75) is 46.4 Å². The lowest BCUT2D eigenvalue weighted by molar-refractivity contribution is -0.120. The molecule has 1 N–H and O–H groups in total. The third-order valence-electron chi connectivity index (χ3n) is 4.32. The number of nitrogens with one attached hydrogen (secondary N) is 1. The summed E-state index contributed by atoms with van der Waals surface area (Å²) in [6, 6.07) is 7.41. The molecular formula is C18H23FN4O. The highest BCUT2D eigenvalue weighted by molar-refractivity contribution is 5.75. The lowest BCUT2D eigenvalue weighted by Gasteiger charge is -2.27. The third-order valence-corrected chi connectivity index (χ3v) is 4.32. The highest BCUT2D eigenvalue weighted by Crippen LogP contribution is 2.18. The van der Waals surface area contributed by atoms with Crippen molar-refractivity contribution in [3.05, 3.63) is 52.6 Å². The van der Waals surface area contributed by atoms with Crippen molar-refractivity contribution >= 4 is 5.91 Å². The van der Waals surface area contributed by atoms with Crippen LogP contribution in [0.25, 0.3) is 0 Å². The van der Waals surface area contributed by atoms with Crippen LogP contribution in [0.3, 0.4) is 0 Å². The van der Waals surface area contributed by atoms with Crippen molar-refractivity contribution in [2.24, 2.45) is 0 Å². The Morgan fingerprint density at radius 2 is 2.17 bits per heavy atom. The van der Waals surface area contributed by atoms with Gasteiger partial charge in [0.2, 0.25) is 5.91 Å². The van der Waals surface area contributed by atoms with Gasteiger partial charge in [0.1, 0.15) is 5.82 Å². The molecule has 2 heterocycles. The van der Waals surface area contributed by atoms with E-state index in [2.05, 4.69) is 15.3 Å². The van der Waals surface area contributed by atoms with Crippen molar-refractivity contribution < 1.29 is 9.18 Å². The smallest absolute Gasteiger partial charge is 0.220 e. The predicted molar refractivity (Wildman–Crippen MR) is 89.6 cm³/mol. The van der Waals surface area contributed by atoms with Crippen LogP contribution in [0.5, 0.6) is 0 Å². The number of amides is 1. The molecule has 0 spiro atoms. The lowest BCUT2D eigenvalue weighted by Crippen LogP contribution is -2.33. The molecule has 128 valence electrons. The predicted octanol–water partition coefficient (Wildman–Crippen LogP) is 2.37. The van der Waals surface area contributed by atoms with E-state index >= 15 is 0 Å². The number of halogens is 1. The zero-order valence-corrected chi connectivity index (χ0v) is 14.2. The lowest BCUT2D eigenvalue weighted by atomic mass is 10.1. The normalized spacial score (nSPS) is 14.5. The Balaban J connectivity index is 1.63. The van der Waals surface area contributed by atoms with Crippen LogP contribution < -0.4 is 5.32 Å². The van der Waals surface area contributed by atoms with Crippen LogP contribution in [0.2, 0.25) is 0 Å². The van der Waals surface area contributed by atoms with Crippen molar-refractivity contribution in [3.8, 4) is 0 Å². The summed E-state index contributed by atoms with van der Waals surface area (Å²) in [5.74, 6) is -0.116. The summed E-state index contributed by atoms with van der Waals surface area (Å²) in [5.41, 5.74) is 3.64. The van der Waals surface area contributed by atoms with Gasteiger partial charge in [-0.05, 0) is 24.6 Å². The maximum absolute atomic E-state index is 14.0. The van der Waals surface area contributed by atoms with E-state index in [1.807, 2.05) is 36.7 Å². The Morgan fingerprint density at radius 3 is 2.92 bits per heavy atom. The minimum absolute atomic E-state index is 0.0254. The molecule has 0 fully saturated rings. The Morgan fingerprint density at radius 1 is 1.33 bits per heavy atom. The van der Waals surface area contributed by atoms with Crippen molar-refractivity contribution in [2.75, 3.05) is 6.54 Å². The number of hydrogen-bond acceptors (Lipinski definition) is 3. The molecule has 0 radical (unpaired) electrons. The van der Waals surface area contributed by atoms with Crippen LogP contribution in [-0.2, 0) is 31.0 Å². The van der Waals surface area contributed by atoms with E-state index in [1.165, 1.54) is 0 Å². The topological polar surface area (TPSA) is 50.2 Å². The quantitative estimate of drug-likeness (QED) is 0.916. The summed E-state index contributed by atoms with van der Waals surface area (Å²) < 4.78 is 16.0. The van der Waals surface area contributed by atoms with Gasteiger partial charge in [0.05, 0.1) is 24.5 Å². The van der Waals surface area contributed by atoms with Crippen molar-refractivity contribution in [1.29, 1.82) is 0 Å². The number of carbonyl (C=O) groups excluding carboxylic acids is 1. The molecule has 1 aliphatic rings. The van der Waals surface area contributed by atoms with Gasteiger partial charge in [0.15, 0.2) is 0 Å². The molecule has 0 saturated carbocycles. The minimum Gasteiger partial charge on any atom is -0.350 e. The molecule has 0 aliphatic carbocycles. The summed E-state index contributed by atoms with van der Waals surface area (Å²) >= 11 is 0. The number of carbonyl (C=O) groups is 1. The summed E-state index contributed by atoms with van der Waals surface area (Å²) in [6.07, 6.45) is 0.476. The van der Waals surface area contributed by atoms with E-state index in [-0.39, 0.29) is 11.7 Å². The molecule has 1 aromatic carbocycles. The van der Waals surface area contributed by atoms with Gasteiger partial charge in [0, 0.05) is 31.6 Å². The molecule has 2 aromatic rings. The van der Waals surface area contributed by atoms with E-state index in [0.717, 1.165) is 42.1 Å². The maximum Gasteiger partial charge on any atom is 0.220 e. The minimum atomic E-state index is -0.142. The van der Waals surface area contributed by atoms with Gasteiger partial charge in [-0.2, -0.15) is 5.10 Å². The van der Waals surface area contributed by atoms with E-state index in [0.29, 0.717) is 19.5 Å². The average molecular weight is 330 g/mol. The molecule has 1 aromatic heterocycles. The molecule has 0 atom stereocenters. The molecule has 24 heavy (non-hydrogen) atoms. The van der Waals surface area contributed by atoms with Gasteiger partial charge in [-0.15, -0.1) is 0 Å². The average Bonchev–Trinajstić information content (AvgIpc) is 2.97.